The topological polar surface area (TPSA) is 75.6 Å². The van der Waals surface area contributed by atoms with E-state index in [2.05, 4.69) is 27.9 Å². The van der Waals surface area contributed by atoms with Crippen LogP contribution in [-0.4, -0.2) is 24.1 Å². The molecule has 1 amide bonds. The molecule has 2 N–H and O–H groups in total. The number of benzene rings is 2. The van der Waals surface area contributed by atoms with Crippen LogP contribution in [0.2, 0.25) is 0 Å². The van der Waals surface area contributed by atoms with Gasteiger partial charge in [0.25, 0.3) is 5.91 Å². The standard InChI is InChI=1S/C15H12INO4/c1-21-11-5-6-13(12(8-11)15(19)20)17-14(18)9-3-2-4-10(16)7-9/h2-8H,1H3,(H,17,18)(H,19,20). The van der Waals surface area contributed by atoms with Gasteiger partial charge >= 0.3 is 5.97 Å². The number of amides is 1. The number of anilines is 1. The van der Waals surface area contributed by atoms with E-state index in [0.29, 0.717) is 11.3 Å². The molecule has 0 saturated heterocycles. The summed E-state index contributed by atoms with van der Waals surface area (Å²) in [5.41, 5.74) is 0.676. The van der Waals surface area contributed by atoms with E-state index in [-0.39, 0.29) is 17.2 Å². The molecule has 0 aliphatic rings. The molecular formula is C15H12INO4. The number of carbonyl (C=O) groups excluding carboxylic acids is 1. The number of aromatic carboxylic acids is 1. The minimum absolute atomic E-state index is 0.0201. The van der Waals surface area contributed by atoms with Crippen molar-refractivity contribution in [2.24, 2.45) is 0 Å². The summed E-state index contributed by atoms with van der Waals surface area (Å²) in [6.07, 6.45) is 0. The number of methoxy groups -OCH3 is 1. The first kappa shape index (κ1) is 15.3. The lowest BCUT2D eigenvalue weighted by molar-refractivity contribution is 0.0697. The van der Waals surface area contributed by atoms with E-state index < -0.39 is 5.97 Å². The lowest BCUT2D eigenvalue weighted by Gasteiger charge is -2.10. The summed E-state index contributed by atoms with van der Waals surface area (Å²) >= 11 is 2.11. The zero-order valence-electron chi connectivity index (χ0n) is 11.1. The van der Waals surface area contributed by atoms with Crippen LogP contribution in [0.4, 0.5) is 5.69 Å². The molecule has 5 nitrogen and oxygen atoms in total. The Kier molecular flexibility index (Phi) is 4.79. The average molecular weight is 397 g/mol. The maximum absolute atomic E-state index is 12.2. The molecule has 0 aromatic heterocycles. The summed E-state index contributed by atoms with van der Waals surface area (Å²) in [6, 6.07) is 11.5. The van der Waals surface area contributed by atoms with Gasteiger partial charge in [-0.25, -0.2) is 4.79 Å². The molecule has 0 heterocycles. The molecular weight excluding hydrogens is 385 g/mol. The third kappa shape index (κ3) is 3.72. The molecule has 6 heteroatoms. The van der Waals surface area contributed by atoms with Gasteiger partial charge in [0, 0.05) is 9.13 Å². The number of carboxylic acid groups (broad SMARTS) is 1. The number of nitrogens with one attached hydrogen (secondary N) is 1. The Morgan fingerprint density at radius 3 is 2.57 bits per heavy atom. The van der Waals surface area contributed by atoms with Gasteiger partial charge in [0.15, 0.2) is 0 Å². The van der Waals surface area contributed by atoms with Gasteiger partial charge in [-0.2, -0.15) is 0 Å². The molecule has 0 aliphatic carbocycles. The first-order valence-electron chi connectivity index (χ1n) is 5.99. The van der Waals surface area contributed by atoms with Gasteiger partial charge in [-0.1, -0.05) is 6.07 Å². The molecule has 2 aromatic rings. The van der Waals surface area contributed by atoms with Crippen molar-refractivity contribution in [3.05, 3.63) is 57.2 Å². The molecule has 0 atom stereocenters. The van der Waals surface area contributed by atoms with Crippen molar-refractivity contribution in [3.8, 4) is 5.75 Å². The van der Waals surface area contributed by atoms with E-state index in [0.717, 1.165) is 3.57 Å². The molecule has 108 valence electrons. The second-order valence-electron chi connectivity index (χ2n) is 4.18. The van der Waals surface area contributed by atoms with Crippen molar-refractivity contribution in [2.45, 2.75) is 0 Å². The Labute approximate surface area is 135 Å². The monoisotopic (exact) mass is 397 g/mol. The van der Waals surface area contributed by atoms with Crippen molar-refractivity contribution in [1.82, 2.24) is 0 Å². The summed E-state index contributed by atoms with van der Waals surface area (Å²) in [6.45, 7) is 0. The number of carboxylic acids is 1. The SMILES string of the molecule is COc1ccc(NC(=O)c2cccc(I)c2)c(C(=O)O)c1. The van der Waals surface area contributed by atoms with Crippen LogP contribution >= 0.6 is 22.6 Å². The highest BCUT2D eigenvalue weighted by molar-refractivity contribution is 14.1. The van der Waals surface area contributed by atoms with Crippen LogP contribution in [0.1, 0.15) is 20.7 Å². The maximum atomic E-state index is 12.2. The Morgan fingerprint density at radius 1 is 1.19 bits per heavy atom. The van der Waals surface area contributed by atoms with Gasteiger partial charge in [-0.05, 0) is 59.0 Å². The molecule has 0 bridgehead atoms. The minimum Gasteiger partial charge on any atom is -0.497 e. The van der Waals surface area contributed by atoms with Crippen molar-refractivity contribution in [1.29, 1.82) is 0 Å². The second kappa shape index (κ2) is 6.57. The number of carbonyl (C=O) groups is 2. The fourth-order valence-electron chi connectivity index (χ4n) is 1.76. The van der Waals surface area contributed by atoms with Crippen LogP contribution in [0.25, 0.3) is 0 Å². The fourth-order valence-corrected chi connectivity index (χ4v) is 2.30. The van der Waals surface area contributed by atoms with Gasteiger partial charge in [-0.3, -0.25) is 4.79 Å². The van der Waals surface area contributed by atoms with Crippen LogP contribution in [-0.2, 0) is 0 Å². The van der Waals surface area contributed by atoms with E-state index in [4.69, 9.17) is 4.74 Å². The van der Waals surface area contributed by atoms with Crippen molar-refractivity contribution < 1.29 is 19.4 Å². The maximum Gasteiger partial charge on any atom is 0.337 e. The number of hydrogen-bond acceptors (Lipinski definition) is 3. The molecule has 2 rings (SSSR count). The highest BCUT2D eigenvalue weighted by atomic mass is 127. The molecule has 0 saturated carbocycles. The first-order chi connectivity index (χ1) is 10.0. The highest BCUT2D eigenvalue weighted by Gasteiger charge is 2.14. The smallest absolute Gasteiger partial charge is 0.337 e. The molecule has 0 aliphatic heterocycles. The number of hydrogen-bond donors (Lipinski definition) is 2. The molecule has 0 radical (unpaired) electrons. The molecule has 21 heavy (non-hydrogen) atoms. The lowest BCUT2D eigenvalue weighted by Crippen LogP contribution is -2.15. The number of halogens is 1. The van der Waals surface area contributed by atoms with E-state index in [9.17, 15) is 14.7 Å². The Balaban J connectivity index is 2.31. The third-order valence-corrected chi connectivity index (χ3v) is 3.46. The molecule has 0 spiro atoms. The van der Waals surface area contributed by atoms with Crippen LogP contribution in [0.15, 0.2) is 42.5 Å². The Hall–Kier alpha value is -2.09. The predicted octanol–water partition coefficient (Wildman–Crippen LogP) is 3.25. The quantitative estimate of drug-likeness (QED) is 0.777. The number of ether oxygens (including phenoxy) is 1. The second-order valence-corrected chi connectivity index (χ2v) is 5.43. The van der Waals surface area contributed by atoms with E-state index in [1.807, 2.05) is 6.07 Å². The van der Waals surface area contributed by atoms with Crippen molar-refractivity contribution in [2.75, 3.05) is 12.4 Å². The number of rotatable bonds is 4. The Bertz CT molecular complexity index is 700. The van der Waals surface area contributed by atoms with Gasteiger partial charge in [0.05, 0.1) is 18.4 Å². The van der Waals surface area contributed by atoms with Gasteiger partial charge in [0.1, 0.15) is 5.75 Å². The zero-order valence-corrected chi connectivity index (χ0v) is 13.2. The van der Waals surface area contributed by atoms with Crippen LogP contribution in [0.5, 0.6) is 5.75 Å². The van der Waals surface area contributed by atoms with Crippen LogP contribution < -0.4 is 10.1 Å². The normalized spacial score (nSPS) is 10.0. The fraction of sp³-hybridized carbons (Fsp3) is 0.0667. The van der Waals surface area contributed by atoms with Gasteiger partial charge in [-0.15, -0.1) is 0 Å². The average Bonchev–Trinajstić information content (AvgIpc) is 2.47. The van der Waals surface area contributed by atoms with Gasteiger partial charge < -0.3 is 15.2 Å². The molecule has 0 fully saturated rings. The van der Waals surface area contributed by atoms with Crippen LogP contribution in [0.3, 0.4) is 0 Å². The summed E-state index contributed by atoms with van der Waals surface area (Å²) in [5.74, 6) is -1.08. The largest absolute Gasteiger partial charge is 0.497 e. The van der Waals surface area contributed by atoms with Crippen molar-refractivity contribution in [3.63, 3.8) is 0 Å². The molecule has 2 aromatic carbocycles. The third-order valence-electron chi connectivity index (χ3n) is 2.79. The summed E-state index contributed by atoms with van der Waals surface area (Å²) in [5, 5.41) is 11.8. The summed E-state index contributed by atoms with van der Waals surface area (Å²) < 4.78 is 5.91. The Morgan fingerprint density at radius 2 is 1.95 bits per heavy atom. The van der Waals surface area contributed by atoms with E-state index in [1.54, 1.807) is 24.3 Å². The molecule has 0 unspecified atom stereocenters. The summed E-state index contributed by atoms with van der Waals surface area (Å²) in [4.78, 5) is 23.4. The van der Waals surface area contributed by atoms with Gasteiger partial charge in [0.2, 0.25) is 0 Å². The predicted molar refractivity (Wildman–Crippen MR) is 87.1 cm³/mol. The van der Waals surface area contributed by atoms with E-state index >= 15 is 0 Å². The minimum atomic E-state index is -1.13. The van der Waals surface area contributed by atoms with Crippen LogP contribution in [0, 0.1) is 3.57 Å². The van der Waals surface area contributed by atoms with Crippen molar-refractivity contribution >= 4 is 40.2 Å². The van der Waals surface area contributed by atoms with E-state index in [1.165, 1.54) is 19.2 Å². The highest BCUT2D eigenvalue weighted by Crippen LogP contribution is 2.23. The first-order valence-corrected chi connectivity index (χ1v) is 7.07. The lowest BCUT2D eigenvalue weighted by atomic mass is 10.1. The summed E-state index contributed by atoms with van der Waals surface area (Å²) in [7, 11) is 1.45. The zero-order chi connectivity index (χ0) is 15.4.